The molecule has 29 heavy (non-hydrogen) atoms. The Bertz CT molecular complexity index is 1080. The topological polar surface area (TPSA) is 26.3 Å². The quantitative estimate of drug-likeness (QED) is 0.549. The zero-order chi connectivity index (χ0) is 19.7. The number of ether oxygens (including phenoxy) is 1. The smallest absolute Gasteiger partial charge is 0.170 e. The summed E-state index contributed by atoms with van der Waals surface area (Å²) in [5.74, 6) is 1.55. The Morgan fingerprint density at radius 3 is 1.55 bits per heavy atom. The summed E-state index contributed by atoms with van der Waals surface area (Å²) in [6, 6.07) is 30.1. The lowest BCUT2D eigenvalue weighted by molar-refractivity contribution is -0.118. The van der Waals surface area contributed by atoms with Crippen LogP contribution in [0.3, 0.4) is 0 Å². The van der Waals surface area contributed by atoms with Crippen LogP contribution in [-0.2, 0) is 9.53 Å². The number of allylic oxidation sites excluding steroid dienone is 4. The van der Waals surface area contributed by atoms with Crippen molar-refractivity contribution in [2.75, 3.05) is 0 Å². The first-order valence-electron chi connectivity index (χ1n) is 9.78. The van der Waals surface area contributed by atoms with Gasteiger partial charge in [-0.05, 0) is 35.8 Å². The van der Waals surface area contributed by atoms with Crippen LogP contribution < -0.4 is 0 Å². The minimum atomic E-state index is -0.722. The second-order valence-corrected chi connectivity index (χ2v) is 7.47. The SMILES string of the molecule is O=C1C=C(c2ccccc2)CC12C=C(c1ccccc1)OC(c1ccccc1)=C2. The standard InChI is InChI=1S/C27H20O2/c28-26-16-23(20-10-4-1-5-11-20)17-27(26)18-24(21-12-6-2-7-13-21)29-25(19-27)22-14-8-3-9-15-22/h1-16,18-19H,17H2. The molecule has 1 heterocycles. The number of carbonyl (C=O) groups is 1. The van der Waals surface area contributed by atoms with Crippen molar-refractivity contribution in [1.29, 1.82) is 0 Å². The van der Waals surface area contributed by atoms with Gasteiger partial charge in [0.2, 0.25) is 0 Å². The molecule has 0 bridgehead atoms. The van der Waals surface area contributed by atoms with Crippen LogP contribution in [0.1, 0.15) is 23.1 Å². The van der Waals surface area contributed by atoms with Crippen molar-refractivity contribution in [2.45, 2.75) is 6.42 Å². The van der Waals surface area contributed by atoms with Crippen LogP contribution >= 0.6 is 0 Å². The van der Waals surface area contributed by atoms with Gasteiger partial charge in [-0.15, -0.1) is 0 Å². The summed E-state index contributed by atoms with van der Waals surface area (Å²) in [4.78, 5) is 13.3. The van der Waals surface area contributed by atoms with E-state index >= 15 is 0 Å². The second-order valence-electron chi connectivity index (χ2n) is 7.47. The molecule has 0 fully saturated rings. The molecular weight excluding hydrogens is 356 g/mol. The zero-order valence-corrected chi connectivity index (χ0v) is 15.9. The van der Waals surface area contributed by atoms with Gasteiger partial charge in [0.1, 0.15) is 11.5 Å². The molecule has 140 valence electrons. The van der Waals surface area contributed by atoms with E-state index in [1.165, 1.54) is 0 Å². The number of hydrogen-bond donors (Lipinski definition) is 0. The van der Waals surface area contributed by atoms with Crippen molar-refractivity contribution in [3.8, 4) is 0 Å². The lowest BCUT2D eigenvalue weighted by atomic mass is 9.79. The fraction of sp³-hybridized carbons (Fsp3) is 0.0741. The average Bonchev–Trinajstić information content (AvgIpc) is 3.10. The van der Waals surface area contributed by atoms with E-state index < -0.39 is 5.41 Å². The van der Waals surface area contributed by atoms with E-state index in [-0.39, 0.29) is 5.78 Å². The fourth-order valence-corrected chi connectivity index (χ4v) is 4.00. The van der Waals surface area contributed by atoms with E-state index in [2.05, 4.69) is 12.1 Å². The third-order valence-electron chi connectivity index (χ3n) is 5.51. The summed E-state index contributed by atoms with van der Waals surface area (Å²) in [6.45, 7) is 0. The van der Waals surface area contributed by atoms with Gasteiger partial charge in [-0.3, -0.25) is 4.79 Å². The Labute approximate surface area is 170 Å². The first kappa shape index (κ1) is 17.4. The third-order valence-corrected chi connectivity index (χ3v) is 5.51. The van der Waals surface area contributed by atoms with Gasteiger partial charge in [-0.2, -0.15) is 0 Å². The van der Waals surface area contributed by atoms with Gasteiger partial charge < -0.3 is 4.74 Å². The van der Waals surface area contributed by atoms with Crippen LogP contribution in [0, 0.1) is 5.41 Å². The Balaban J connectivity index is 1.61. The van der Waals surface area contributed by atoms with E-state index in [4.69, 9.17) is 4.74 Å². The number of rotatable bonds is 3. The van der Waals surface area contributed by atoms with Crippen LogP contribution in [0.5, 0.6) is 0 Å². The molecular formula is C27H20O2. The Morgan fingerprint density at radius 1 is 0.621 bits per heavy atom. The van der Waals surface area contributed by atoms with Crippen molar-refractivity contribution >= 4 is 22.9 Å². The van der Waals surface area contributed by atoms with Crippen LogP contribution in [0.25, 0.3) is 17.1 Å². The molecule has 1 aliphatic heterocycles. The summed E-state index contributed by atoms with van der Waals surface area (Å²) in [7, 11) is 0. The molecule has 2 heteroatoms. The van der Waals surface area contributed by atoms with E-state index in [0.29, 0.717) is 6.42 Å². The maximum absolute atomic E-state index is 13.3. The van der Waals surface area contributed by atoms with E-state index in [1.807, 2.05) is 91.0 Å². The molecule has 2 nitrogen and oxygen atoms in total. The van der Waals surface area contributed by atoms with Crippen LogP contribution in [-0.4, -0.2) is 5.78 Å². The predicted molar refractivity (Wildman–Crippen MR) is 116 cm³/mol. The van der Waals surface area contributed by atoms with Crippen LogP contribution in [0.15, 0.2) is 109 Å². The number of benzene rings is 3. The maximum atomic E-state index is 13.3. The lowest BCUT2D eigenvalue weighted by Gasteiger charge is -2.29. The third kappa shape index (κ3) is 3.23. The number of carbonyl (C=O) groups excluding carboxylic acids is 1. The molecule has 0 amide bonds. The van der Waals surface area contributed by atoms with Crippen LogP contribution in [0.4, 0.5) is 0 Å². The highest BCUT2D eigenvalue weighted by Crippen LogP contribution is 2.48. The number of hydrogen-bond acceptors (Lipinski definition) is 2. The first-order chi connectivity index (χ1) is 14.2. The lowest BCUT2D eigenvalue weighted by Crippen LogP contribution is -2.25. The van der Waals surface area contributed by atoms with Crippen molar-refractivity contribution in [2.24, 2.45) is 5.41 Å². The molecule has 0 saturated heterocycles. The van der Waals surface area contributed by atoms with Gasteiger partial charge >= 0.3 is 0 Å². The molecule has 0 aromatic heterocycles. The summed E-state index contributed by atoms with van der Waals surface area (Å²) < 4.78 is 6.28. The molecule has 5 rings (SSSR count). The largest absolute Gasteiger partial charge is 0.457 e. The molecule has 0 atom stereocenters. The zero-order valence-electron chi connectivity index (χ0n) is 15.9. The van der Waals surface area contributed by atoms with Crippen molar-refractivity contribution in [3.63, 3.8) is 0 Å². The molecule has 3 aromatic rings. The summed E-state index contributed by atoms with van der Waals surface area (Å²) in [6.07, 6.45) is 6.40. The molecule has 0 unspecified atom stereocenters. The van der Waals surface area contributed by atoms with E-state index in [1.54, 1.807) is 6.08 Å². The monoisotopic (exact) mass is 376 g/mol. The van der Waals surface area contributed by atoms with Crippen molar-refractivity contribution in [1.82, 2.24) is 0 Å². The molecule has 2 aliphatic rings. The summed E-state index contributed by atoms with van der Waals surface area (Å²) >= 11 is 0. The normalized spacial score (nSPS) is 17.4. The Morgan fingerprint density at radius 2 is 1.07 bits per heavy atom. The minimum absolute atomic E-state index is 0.0986. The highest BCUT2D eigenvalue weighted by atomic mass is 16.5. The molecule has 3 aromatic carbocycles. The van der Waals surface area contributed by atoms with Gasteiger partial charge in [0.15, 0.2) is 5.78 Å². The van der Waals surface area contributed by atoms with Gasteiger partial charge in [0, 0.05) is 11.1 Å². The Hall–Kier alpha value is -3.65. The fourth-order valence-electron chi connectivity index (χ4n) is 4.00. The van der Waals surface area contributed by atoms with Gasteiger partial charge in [0.05, 0.1) is 5.41 Å². The van der Waals surface area contributed by atoms with Gasteiger partial charge in [-0.1, -0.05) is 91.0 Å². The summed E-state index contributed by atoms with van der Waals surface area (Å²) in [5.41, 5.74) is 3.36. The van der Waals surface area contributed by atoms with E-state index in [0.717, 1.165) is 33.8 Å². The van der Waals surface area contributed by atoms with Crippen LogP contribution in [0.2, 0.25) is 0 Å². The minimum Gasteiger partial charge on any atom is -0.457 e. The molecule has 0 radical (unpaired) electrons. The highest BCUT2D eigenvalue weighted by Gasteiger charge is 2.42. The molecule has 0 N–H and O–H groups in total. The molecule has 1 aliphatic carbocycles. The molecule has 1 spiro atoms. The maximum Gasteiger partial charge on any atom is 0.170 e. The Kier molecular flexibility index (Phi) is 4.25. The van der Waals surface area contributed by atoms with Gasteiger partial charge in [-0.25, -0.2) is 0 Å². The second kappa shape index (κ2) is 7.06. The first-order valence-corrected chi connectivity index (χ1v) is 9.78. The van der Waals surface area contributed by atoms with Crippen molar-refractivity contribution < 1.29 is 9.53 Å². The van der Waals surface area contributed by atoms with Crippen molar-refractivity contribution in [3.05, 3.63) is 126 Å². The molecule has 0 saturated carbocycles. The predicted octanol–water partition coefficient (Wildman–Crippen LogP) is 6.14. The average molecular weight is 376 g/mol. The van der Waals surface area contributed by atoms with E-state index in [9.17, 15) is 4.79 Å². The highest BCUT2D eigenvalue weighted by molar-refractivity contribution is 6.10. The summed E-state index contributed by atoms with van der Waals surface area (Å²) in [5, 5.41) is 0. The van der Waals surface area contributed by atoms with Gasteiger partial charge in [0.25, 0.3) is 0 Å². The number of ketones is 1.